The Hall–Kier alpha value is -2.24. The summed E-state index contributed by atoms with van der Waals surface area (Å²) in [5.41, 5.74) is 5.26. The standard InChI is InChI=1S/C10H17N3O8/c11-4(1-7(16)17)8(18)12-5(2-14)9(19)13-6(3-15)10(20)21/h4-6,14-15H,1-3,11H2,(H,12,18)(H,13,19)(H,16,17)(H,20,21). The second-order valence-electron chi connectivity index (χ2n) is 4.03. The lowest BCUT2D eigenvalue weighted by molar-refractivity contribution is -0.144. The topological polar surface area (TPSA) is 199 Å². The maximum absolute atomic E-state index is 11.6. The molecule has 11 nitrogen and oxygen atoms in total. The van der Waals surface area contributed by atoms with Crippen LogP contribution in [-0.2, 0) is 19.2 Å². The third kappa shape index (κ3) is 6.65. The molecule has 0 rings (SSSR count). The van der Waals surface area contributed by atoms with E-state index < -0.39 is 61.5 Å². The van der Waals surface area contributed by atoms with Crippen molar-refractivity contribution in [3.05, 3.63) is 0 Å². The number of amides is 2. The fraction of sp³-hybridized carbons (Fsp3) is 0.600. The van der Waals surface area contributed by atoms with E-state index in [1.807, 2.05) is 10.6 Å². The molecule has 0 saturated heterocycles. The average molecular weight is 307 g/mol. The molecule has 3 atom stereocenters. The molecule has 0 aliphatic rings. The minimum absolute atomic E-state index is 0.681. The molecule has 0 radical (unpaired) electrons. The van der Waals surface area contributed by atoms with Gasteiger partial charge in [0.1, 0.15) is 12.1 Å². The molecule has 0 aliphatic carbocycles. The first-order chi connectivity index (χ1) is 9.72. The predicted molar refractivity (Wildman–Crippen MR) is 65.9 cm³/mol. The lowest BCUT2D eigenvalue weighted by Gasteiger charge is -2.20. The van der Waals surface area contributed by atoms with Gasteiger partial charge in [-0.1, -0.05) is 0 Å². The number of carboxylic acid groups (broad SMARTS) is 2. The molecule has 0 aromatic carbocycles. The van der Waals surface area contributed by atoms with Gasteiger partial charge < -0.3 is 36.8 Å². The molecule has 120 valence electrons. The highest BCUT2D eigenvalue weighted by Crippen LogP contribution is 1.93. The van der Waals surface area contributed by atoms with Gasteiger partial charge in [-0.2, -0.15) is 0 Å². The summed E-state index contributed by atoms with van der Waals surface area (Å²) in [6, 6.07) is -4.56. The Labute approximate surface area is 118 Å². The number of nitrogens with one attached hydrogen (secondary N) is 2. The smallest absolute Gasteiger partial charge is 0.328 e. The largest absolute Gasteiger partial charge is 0.481 e. The first-order valence-electron chi connectivity index (χ1n) is 5.75. The molecule has 0 bridgehead atoms. The Morgan fingerprint density at radius 3 is 1.76 bits per heavy atom. The second kappa shape index (κ2) is 8.84. The van der Waals surface area contributed by atoms with E-state index in [0.29, 0.717) is 0 Å². The molecule has 0 aromatic heterocycles. The first-order valence-corrected chi connectivity index (χ1v) is 5.75. The fourth-order valence-corrected chi connectivity index (χ4v) is 1.21. The lowest BCUT2D eigenvalue weighted by Crippen LogP contribution is -2.56. The number of aliphatic hydroxyl groups is 2. The summed E-state index contributed by atoms with van der Waals surface area (Å²) in [4.78, 5) is 44.1. The quantitative estimate of drug-likeness (QED) is 0.221. The van der Waals surface area contributed by atoms with Gasteiger partial charge >= 0.3 is 11.9 Å². The molecule has 0 heterocycles. The van der Waals surface area contributed by atoms with Crippen LogP contribution in [0.1, 0.15) is 6.42 Å². The van der Waals surface area contributed by atoms with E-state index >= 15 is 0 Å². The number of rotatable bonds is 9. The molecule has 8 N–H and O–H groups in total. The van der Waals surface area contributed by atoms with Crippen molar-refractivity contribution in [1.29, 1.82) is 0 Å². The van der Waals surface area contributed by atoms with Gasteiger partial charge in [0.25, 0.3) is 0 Å². The summed E-state index contributed by atoms with van der Waals surface area (Å²) >= 11 is 0. The monoisotopic (exact) mass is 307 g/mol. The summed E-state index contributed by atoms with van der Waals surface area (Å²) in [6.45, 7) is -1.75. The summed E-state index contributed by atoms with van der Waals surface area (Å²) in [5, 5.41) is 38.7. The first kappa shape index (κ1) is 18.8. The van der Waals surface area contributed by atoms with Crippen LogP contribution < -0.4 is 16.4 Å². The highest BCUT2D eigenvalue weighted by atomic mass is 16.4. The third-order valence-corrected chi connectivity index (χ3v) is 2.34. The maximum Gasteiger partial charge on any atom is 0.328 e. The molecule has 0 aliphatic heterocycles. The molecular weight excluding hydrogens is 290 g/mol. The second-order valence-corrected chi connectivity index (χ2v) is 4.03. The van der Waals surface area contributed by atoms with Crippen LogP contribution in [0.25, 0.3) is 0 Å². The van der Waals surface area contributed by atoms with Crippen molar-refractivity contribution < 1.29 is 39.6 Å². The van der Waals surface area contributed by atoms with Crippen LogP contribution in [0.15, 0.2) is 0 Å². The van der Waals surface area contributed by atoms with Gasteiger partial charge in [-0.25, -0.2) is 4.79 Å². The molecule has 0 saturated carbocycles. The van der Waals surface area contributed by atoms with Crippen LogP contribution in [-0.4, -0.2) is 75.5 Å². The van der Waals surface area contributed by atoms with Crippen molar-refractivity contribution in [3.63, 3.8) is 0 Å². The SMILES string of the molecule is NC(CC(=O)O)C(=O)NC(CO)C(=O)NC(CO)C(=O)O. The Balaban J connectivity index is 4.63. The van der Waals surface area contributed by atoms with Gasteiger partial charge in [-0.05, 0) is 0 Å². The zero-order valence-electron chi connectivity index (χ0n) is 10.9. The number of carboxylic acids is 2. The zero-order valence-corrected chi connectivity index (χ0v) is 10.9. The highest BCUT2D eigenvalue weighted by Gasteiger charge is 2.27. The van der Waals surface area contributed by atoms with Crippen LogP contribution in [0.2, 0.25) is 0 Å². The van der Waals surface area contributed by atoms with Gasteiger partial charge in [0, 0.05) is 0 Å². The van der Waals surface area contributed by atoms with Gasteiger partial charge in [-0.15, -0.1) is 0 Å². The van der Waals surface area contributed by atoms with Crippen LogP contribution in [0, 0.1) is 0 Å². The Bertz CT molecular complexity index is 413. The maximum atomic E-state index is 11.6. The molecule has 0 aromatic rings. The fourth-order valence-electron chi connectivity index (χ4n) is 1.21. The van der Waals surface area contributed by atoms with Crippen molar-refractivity contribution in [1.82, 2.24) is 10.6 Å². The average Bonchev–Trinajstić information content (AvgIpc) is 2.40. The number of aliphatic carboxylic acids is 2. The van der Waals surface area contributed by atoms with Gasteiger partial charge in [0.05, 0.1) is 25.7 Å². The Morgan fingerprint density at radius 1 is 0.905 bits per heavy atom. The van der Waals surface area contributed by atoms with Crippen molar-refractivity contribution in [2.75, 3.05) is 13.2 Å². The van der Waals surface area contributed by atoms with Crippen molar-refractivity contribution in [3.8, 4) is 0 Å². The van der Waals surface area contributed by atoms with Gasteiger partial charge in [0.15, 0.2) is 0 Å². The number of carbonyl (C=O) groups excluding carboxylic acids is 2. The Morgan fingerprint density at radius 2 is 1.38 bits per heavy atom. The van der Waals surface area contributed by atoms with E-state index in [4.69, 9.17) is 26.2 Å². The molecule has 3 unspecified atom stereocenters. The van der Waals surface area contributed by atoms with E-state index in [-0.39, 0.29) is 0 Å². The van der Waals surface area contributed by atoms with E-state index in [9.17, 15) is 19.2 Å². The minimum atomic E-state index is -1.60. The zero-order chi connectivity index (χ0) is 16.6. The van der Waals surface area contributed by atoms with Gasteiger partial charge in [-0.3, -0.25) is 14.4 Å². The van der Waals surface area contributed by atoms with Crippen LogP contribution >= 0.6 is 0 Å². The van der Waals surface area contributed by atoms with Gasteiger partial charge in [0.2, 0.25) is 11.8 Å². The van der Waals surface area contributed by atoms with Crippen LogP contribution in [0.4, 0.5) is 0 Å². The van der Waals surface area contributed by atoms with E-state index in [1.165, 1.54) is 0 Å². The minimum Gasteiger partial charge on any atom is -0.481 e. The Kier molecular flexibility index (Phi) is 7.89. The number of hydrogen-bond donors (Lipinski definition) is 7. The van der Waals surface area contributed by atoms with Crippen molar-refractivity contribution in [2.45, 2.75) is 24.5 Å². The molecule has 2 amide bonds. The van der Waals surface area contributed by atoms with E-state index in [1.54, 1.807) is 0 Å². The van der Waals surface area contributed by atoms with Crippen LogP contribution in [0.5, 0.6) is 0 Å². The van der Waals surface area contributed by atoms with Crippen molar-refractivity contribution >= 4 is 23.8 Å². The molecule has 21 heavy (non-hydrogen) atoms. The molecular formula is C10H17N3O8. The predicted octanol–water partition coefficient (Wildman–Crippen LogP) is -4.17. The molecule has 11 heteroatoms. The van der Waals surface area contributed by atoms with Crippen LogP contribution in [0.3, 0.4) is 0 Å². The summed E-state index contributed by atoms with van der Waals surface area (Å²) in [7, 11) is 0. The summed E-state index contributed by atoms with van der Waals surface area (Å²) in [6.07, 6.45) is -0.681. The van der Waals surface area contributed by atoms with E-state index in [0.717, 1.165) is 0 Å². The number of carbonyl (C=O) groups is 4. The summed E-state index contributed by atoms with van der Waals surface area (Å²) < 4.78 is 0. The van der Waals surface area contributed by atoms with E-state index in [2.05, 4.69) is 0 Å². The number of aliphatic hydroxyl groups excluding tert-OH is 2. The summed E-state index contributed by atoms with van der Waals surface area (Å²) in [5.74, 6) is -4.89. The normalized spacial score (nSPS) is 14.6. The highest BCUT2D eigenvalue weighted by molar-refractivity contribution is 5.93. The third-order valence-electron chi connectivity index (χ3n) is 2.34. The lowest BCUT2D eigenvalue weighted by atomic mass is 10.2. The van der Waals surface area contributed by atoms with Crippen molar-refractivity contribution in [2.24, 2.45) is 5.73 Å². The number of nitrogens with two attached hydrogens (primary N) is 1. The molecule has 0 spiro atoms. The number of hydrogen-bond acceptors (Lipinski definition) is 7. The molecule has 0 fully saturated rings.